The molecule has 0 atom stereocenters. The molecule has 0 N–H and O–H groups in total. The fourth-order valence-corrected chi connectivity index (χ4v) is 8.21. The molecule has 1 heterocycles. The maximum Gasteiger partial charge on any atom is 0.0495 e. The van der Waals surface area contributed by atoms with E-state index in [1.165, 1.54) is 97.9 Å². The topological polar surface area (TPSA) is 4.93 Å². The van der Waals surface area contributed by atoms with Gasteiger partial charge in [0.2, 0.25) is 0 Å². The fraction of sp³-hybridized carbons (Fsp3) is 0.0222. The molecule has 0 spiro atoms. The molecule has 10 aromatic rings. The first-order valence-electron chi connectivity index (χ1n) is 16.0. The van der Waals surface area contributed by atoms with Crippen LogP contribution in [0.25, 0.3) is 97.9 Å². The standard InChI is InChI=1S/C29H19N.C16H10/c1-30-26-13-7-6-12-25(26)29-24-15-14-22-20-10-3-2-8-18(20)19-9-4-5-11-21(19)28(22)23(24)16-17-27(29)30;1-2-8-13-12(7-1)14-9-3-5-11-6-4-10-15(13)16(11)14/h2-17H,1H3;1-10H. The Balaban J connectivity index is 0.000000144. The number of benzene rings is 9. The number of hydrogen-bond acceptors (Lipinski definition) is 0. The van der Waals surface area contributed by atoms with E-state index in [1.54, 1.807) is 0 Å². The van der Waals surface area contributed by atoms with E-state index >= 15 is 0 Å². The first kappa shape index (κ1) is 25.4. The van der Waals surface area contributed by atoms with E-state index in [0.29, 0.717) is 0 Å². The summed E-state index contributed by atoms with van der Waals surface area (Å²) in [5.74, 6) is 0. The largest absolute Gasteiger partial charge is 0.344 e. The fourth-order valence-electron chi connectivity index (χ4n) is 8.21. The zero-order valence-electron chi connectivity index (χ0n) is 25.5. The monoisotopic (exact) mass is 583 g/mol. The summed E-state index contributed by atoms with van der Waals surface area (Å²) in [5, 5.41) is 16.1. The zero-order chi connectivity index (χ0) is 30.4. The number of nitrogens with zero attached hydrogens (tertiary/aromatic N) is 1. The number of rotatable bonds is 0. The third-order valence-corrected chi connectivity index (χ3v) is 10.2. The third kappa shape index (κ3) is 3.40. The molecule has 0 aliphatic heterocycles. The quantitative estimate of drug-likeness (QED) is 0.157. The Morgan fingerprint density at radius 3 is 1.37 bits per heavy atom. The van der Waals surface area contributed by atoms with Crippen LogP contribution in [0.3, 0.4) is 0 Å². The van der Waals surface area contributed by atoms with Gasteiger partial charge in [0.1, 0.15) is 0 Å². The van der Waals surface area contributed by atoms with Gasteiger partial charge in [-0.2, -0.15) is 0 Å². The van der Waals surface area contributed by atoms with Crippen molar-refractivity contribution in [2.75, 3.05) is 0 Å². The van der Waals surface area contributed by atoms with Gasteiger partial charge in [-0.25, -0.2) is 0 Å². The van der Waals surface area contributed by atoms with Crippen LogP contribution >= 0.6 is 0 Å². The van der Waals surface area contributed by atoms with Crippen molar-refractivity contribution in [2.24, 2.45) is 7.05 Å². The molecule has 0 saturated carbocycles. The van der Waals surface area contributed by atoms with Crippen LogP contribution in [0.5, 0.6) is 0 Å². The predicted molar refractivity (Wildman–Crippen MR) is 199 cm³/mol. The van der Waals surface area contributed by atoms with Crippen molar-refractivity contribution in [3.8, 4) is 22.3 Å². The van der Waals surface area contributed by atoms with Crippen molar-refractivity contribution in [3.05, 3.63) is 158 Å². The van der Waals surface area contributed by atoms with E-state index < -0.39 is 0 Å². The molecule has 9 aromatic carbocycles. The Morgan fingerprint density at radius 2 is 0.717 bits per heavy atom. The second-order valence-corrected chi connectivity index (χ2v) is 12.5. The van der Waals surface area contributed by atoms with Crippen LogP contribution in [0.2, 0.25) is 0 Å². The minimum absolute atomic E-state index is 1.28. The Morgan fingerprint density at radius 1 is 0.283 bits per heavy atom. The third-order valence-electron chi connectivity index (χ3n) is 10.2. The number of aryl methyl sites for hydroxylation is 1. The first-order valence-corrected chi connectivity index (χ1v) is 16.0. The van der Waals surface area contributed by atoms with Gasteiger partial charge in [-0.05, 0) is 88.2 Å². The van der Waals surface area contributed by atoms with Crippen molar-refractivity contribution >= 4 is 75.7 Å². The number of para-hydroxylation sites is 1. The normalized spacial score (nSPS) is 12.0. The van der Waals surface area contributed by atoms with Gasteiger partial charge < -0.3 is 4.57 Å². The van der Waals surface area contributed by atoms with E-state index in [1.807, 2.05) is 0 Å². The van der Waals surface area contributed by atoms with Crippen molar-refractivity contribution in [2.45, 2.75) is 0 Å². The van der Waals surface area contributed by atoms with Crippen LogP contribution in [-0.2, 0) is 7.05 Å². The molecule has 0 radical (unpaired) electrons. The maximum atomic E-state index is 2.33. The summed E-state index contributed by atoms with van der Waals surface area (Å²) in [6, 6.07) is 57.4. The second kappa shape index (κ2) is 9.54. The molecule has 1 aromatic heterocycles. The Hall–Kier alpha value is -5.92. The van der Waals surface area contributed by atoms with Crippen molar-refractivity contribution in [3.63, 3.8) is 0 Å². The zero-order valence-corrected chi connectivity index (χ0v) is 25.5. The van der Waals surface area contributed by atoms with E-state index in [2.05, 4.69) is 169 Å². The van der Waals surface area contributed by atoms with E-state index in [9.17, 15) is 0 Å². The van der Waals surface area contributed by atoms with Gasteiger partial charge in [-0.1, -0.05) is 146 Å². The molecule has 0 fully saturated rings. The Kier molecular flexibility index (Phi) is 5.27. The van der Waals surface area contributed by atoms with E-state index in [-0.39, 0.29) is 0 Å². The average molecular weight is 584 g/mol. The SMILES string of the molecule is Cn1c2ccccc2c2c3ccc4c5ccccc5c5ccccc5c4c3ccc21.c1ccc2c(c1)-c1cccc3cccc-2c13. The van der Waals surface area contributed by atoms with Gasteiger partial charge in [-0.15, -0.1) is 0 Å². The van der Waals surface area contributed by atoms with Gasteiger partial charge in [0, 0.05) is 28.9 Å². The maximum absolute atomic E-state index is 2.33. The highest BCUT2D eigenvalue weighted by Gasteiger charge is 2.19. The molecule has 1 heteroatoms. The second-order valence-electron chi connectivity index (χ2n) is 12.5. The highest BCUT2D eigenvalue weighted by Crippen LogP contribution is 2.47. The Labute approximate surface area is 266 Å². The molecule has 11 rings (SSSR count). The lowest BCUT2D eigenvalue weighted by Gasteiger charge is -2.13. The van der Waals surface area contributed by atoms with Gasteiger partial charge in [0.25, 0.3) is 0 Å². The summed E-state index contributed by atoms with van der Waals surface area (Å²) in [5.41, 5.74) is 8.06. The predicted octanol–water partition coefficient (Wildman–Crippen LogP) is 12.4. The lowest BCUT2D eigenvalue weighted by atomic mass is 9.90. The van der Waals surface area contributed by atoms with Crippen molar-refractivity contribution in [1.29, 1.82) is 0 Å². The summed E-state index contributed by atoms with van der Waals surface area (Å²) in [4.78, 5) is 0. The average Bonchev–Trinajstić information content (AvgIpc) is 3.61. The highest BCUT2D eigenvalue weighted by atomic mass is 14.9. The van der Waals surface area contributed by atoms with Gasteiger partial charge >= 0.3 is 0 Å². The van der Waals surface area contributed by atoms with E-state index in [0.717, 1.165) is 0 Å². The molecule has 214 valence electrons. The summed E-state index contributed by atoms with van der Waals surface area (Å²) in [6.45, 7) is 0. The van der Waals surface area contributed by atoms with Crippen LogP contribution in [0.1, 0.15) is 0 Å². The minimum Gasteiger partial charge on any atom is -0.344 e. The molecule has 0 saturated heterocycles. The summed E-state index contributed by atoms with van der Waals surface area (Å²) < 4.78 is 2.31. The molecule has 0 bridgehead atoms. The molecule has 1 aliphatic rings. The molecule has 46 heavy (non-hydrogen) atoms. The number of aromatic nitrogens is 1. The van der Waals surface area contributed by atoms with Crippen LogP contribution < -0.4 is 0 Å². The number of fused-ring (bicyclic) bond motifs is 15. The Bertz CT molecular complexity index is 2780. The van der Waals surface area contributed by atoms with Crippen molar-refractivity contribution in [1.82, 2.24) is 4.57 Å². The van der Waals surface area contributed by atoms with Gasteiger partial charge in [0.15, 0.2) is 0 Å². The van der Waals surface area contributed by atoms with Crippen LogP contribution in [0.4, 0.5) is 0 Å². The van der Waals surface area contributed by atoms with Crippen LogP contribution in [0.15, 0.2) is 158 Å². The summed E-state index contributed by atoms with van der Waals surface area (Å²) >= 11 is 0. The number of hydrogen-bond donors (Lipinski definition) is 0. The molecule has 0 amide bonds. The molecular formula is C45H29N. The van der Waals surface area contributed by atoms with Gasteiger partial charge in [-0.3, -0.25) is 0 Å². The van der Waals surface area contributed by atoms with Crippen LogP contribution in [0, 0.1) is 0 Å². The molecular weight excluding hydrogens is 555 g/mol. The minimum atomic E-state index is 1.28. The lowest BCUT2D eigenvalue weighted by Crippen LogP contribution is -1.87. The highest BCUT2D eigenvalue weighted by molar-refractivity contribution is 6.34. The summed E-state index contributed by atoms with van der Waals surface area (Å²) in [7, 11) is 2.17. The van der Waals surface area contributed by atoms with E-state index in [4.69, 9.17) is 0 Å². The molecule has 0 unspecified atom stereocenters. The van der Waals surface area contributed by atoms with Crippen molar-refractivity contribution < 1.29 is 0 Å². The molecule has 1 nitrogen and oxygen atoms in total. The molecule has 1 aliphatic carbocycles. The van der Waals surface area contributed by atoms with Crippen LogP contribution in [-0.4, -0.2) is 4.57 Å². The smallest absolute Gasteiger partial charge is 0.0495 e. The summed E-state index contributed by atoms with van der Waals surface area (Å²) in [6.07, 6.45) is 0. The lowest BCUT2D eigenvalue weighted by molar-refractivity contribution is 1.01. The van der Waals surface area contributed by atoms with Gasteiger partial charge in [0.05, 0.1) is 0 Å². The first-order chi connectivity index (χ1) is 22.8.